The normalized spacial score (nSPS) is 29.6. The fraction of sp³-hybridized carbons (Fsp3) is 0.429. The molecule has 0 spiro atoms. The van der Waals surface area contributed by atoms with Crippen molar-refractivity contribution in [1.82, 2.24) is 9.80 Å². The zero-order valence-corrected chi connectivity index (χ0v) is 14.6. The number of rotatable bonds is 4. The maximum atomic E-state index is 5.57. The van der Waals surface area contributed by atoms with Crippen LogP contribution in [0.25, 0.3) is 0 Å². The Morgan fingerprint density at radius 1 is 1.04 bits per heavy atom. The SMILES string of the molecule is COc1ccccc1CN1C2CCCN(C2c2ccccc2)C1C. The van der Waals surface area contributed by atoms with Crippen molar-refractivity contribution >= 4 is 0 Å². The summed E-state index contributed by atoms with van der Waals surface area (Å²) < 4.78 is 5.57. The van der Waals surface area contributed by atoms with Gasteiger partial charge in [-0.25, -0.2) is 0 Å². The predicted molar refractivity (Wildman–Crippen MR) is 96.9 cm³/mol. The molecule has 4 atom stereocenters. The number of benzene rings is 2. The Kier molecular flexibility index (Phi) is 4.30. The van der Waals surface area contributed by atoms with Crippen molar-refractivity contribution < 1.29 is 4.74 Å². The molecule has 0 aliphatic carbocycles. The molecule has 126 valence electrons. The molecule has 3 heteroatoms. The lowest BCUT2D eigenvalue weighted by molar-refractivity contribution is 0.137. The summed E-state index contributed by atoms with van der Waals surface area (Å²) in [5.74, 6) is 0.998. The maximum absolute atomic E-state index is 5.57. The van der Waals surface area contributed by atoms with Crippen LogP contribution in [-0.4, -0.2) is 35.7 Å². The molecule has 4 rings (SSSR count). The third-order valence-electron chi connectivity index (χ3n) is 5.71. The molecule has 2 aliphatic heterocycles. The molecule has 2 aromatic rings. The van der Waals surface area contributed by atoms with Crippen LogP contribution in [0.4, 0.5) is 0 Å². The predicted octanol–water partition coefficient (Wildman–Crippen LogP) is 4.06. The van der Waals surface area contributed by atoms with E-state index in [4.69, 9.17) is 4.74 Å². The smallest absolute Gasteiger partial charge is 0.123 e. The van der Waals surface area contributed by atoms with Gasteiger partial charge in [0.05, 0.1) is 19.3 Å². The van der Waals surface area contributed by atoms with Crippen LogP contribution in [0.1, 0.15) is 36.9 Å². The first-order chi connectivity index (χ1) is 11.8. The van der Waals surface area contributed by atoms with Gasteiger partial charge < -0.3 is 4.74 Å². The molecule has 2 bridgehead atoms. The Morgan fingerprint density at radius 2 is 1.79 bits per heavy atom. The molecule has 2 fully saturated rings. The average Bonchev–Trinajstić information content (AvgIpc) is 2.80. The molecule has 0 aromatic heterocycles. The molecule has 4 unspecified atom stereocenters. The Labute approximate surface area is 144 Å². The van der Waals surface area contributed by atoms with Crippen molar-refractivity contribution in [3.05, 3.63) is 65.7 Å². The molecule has 2 heterocycles. The van der Waals surface area contributed by atoms with E-state index in [2.05, 4.69) is 65.3 Å². The van der Waals surface area contributed by atoms with Gasteiger partial charge in [0.15, 0.2) is 0 Å². The van der Waals surface area contributed by atoms with Gasteiger partial charge >= 0.3 is 0 Å². The van der Waals surface area contributed by atoms with Crippen LogP contribution in [0.15, 0.2) is 54.6 Å². The van der Waals surface area contributed by atoms with Crippen molar-refractivity contribution in [3.8, 4) is 5.75 Å². The number of hydrogen-bond donors (Lipinski definition) is 0. The van der Waals surface area contributed by atoms with Crippen LogP contribution in [0.3, 0.4) is 0 Å². The number of nitrogens with zero attached hydrogens (tertiary/aromatic N) is 2. The Morgan fingerprint density at radius 3 is 2.58 bits per heavy atom. The molecular weight excluding hydrogens is 296 g/mol. The summed E-state index contributed by atoms with van der Waals surface area (Å²) in [7, 11) is 1.76. The van der Waals surface area contributed by atoms with E-state index in [1.807, 2.05) is 6.07 Å². The van der Waals surface area contributed by atoms with Crippen LogP contribution < -0.4 is 4.74 Å². The van der Waals surface area contributed by atoms with Gasteiger partial charge in [-0.05, 0) is 31.4 Å². The highest BCUT2D eigenvalue weighted by Gasteiger charge is 2.47. The standard InChI is InChI=1S/C21H26N2O/c1-16-22-14-8-12-19(21(22)17-9-4-3-5-10-17)23(16)15-18-11-6-7-13-20(18)24-2/h3-7,9-11,13,16,19,21H,8,12,14-15H2,1-2H3. The number of methoxy groups -OCH3 is 1. The molecule has 0 saturated carbocycles. The van der Waals surface area contributed by atoms with Crippen molar-refractivity contribution in [3.63, 3.8) is 0 Å². The fourth-order valence-electron chi connectivity index (χ4n) is 4.58. The highest BCUT2D eigenvalue weighted by Crippen LogP contribution is 2.44. The summed E-state index contributed by atoms with van der Waals surface area (Å²) in [6.07, 6.45) is 3.03. The zero-order chi connectivity index (χ0) is 16.5. The zero-order valence-electron chi connectivity index (χ0n) is 14.6. The molecule has 2 aromatic carbocycles. The van der Waals surface area contributed by atoms with Crippen LogP contribution in [-0.2, 0) is 6.54 Å². The molecule has 0 amide bonds. The van der Waals surface area contributed by atoms with Crippen molar-refractivity contribution in [2.45, 2.75) is 44.6 Å². The summed E-state index contributed by atoms with van der Waals surface area (Å²) in [6, 6.07) is 20.5. The lowest BCUT2D eigenvalue weighted by atomic mass is 9.92. The van der Waals surface area contributed by atoms with E-state index in [0.29, 0.717) is 18.2 Å². The van der Waals surface area contributed by atoms with E-state index >= 15 is 0 Å². The highest BCUT2D eigenvalue weighted by molar-refractivity contribution is 5.34. The van der Waals surface area contributed by atoms with E-state index in [-0.39, 0.29) is 0 Å². The average molecular weight is 322 g/mol. The van der Waals surface area contributed by atoms with E-state index in [1.54, 1.807) is 7.11 Å². The van der Waals surface area contributed by atoms with Gasteiger partial charge in [-0.1, -0.05) is 48.5 Å². The van der Waals surface area contributed by atoms with Crippen molar-refractivity contribution in [1.29, 1.82) is 0 Å². The third kappa shape index (κ3) is 2.62. The van der Waals surface area contributed by atoms with Crippen LogP contribution in [0.2, 0.25) is 0 Å². The second-order valence-corrected chi connectivity index (χ2v) is 6.92. The number of piperidine rings is 1. The van der Waals surface area contributed by atoms with Crippen LogP contribution in [0.5, 0.6) is 5.75 Å². The second-order valence-electron chi connectivity index (χ2n) is 6.92. The van der Waals surface area contributed by atoms with E-state index in [1.165, 1.54) is 30.5 Å². The van der Waals surface area contributed by atoms with E-state index < -0.39 is 0 Å². The molecule has 0 radical (unpaired) electrons. The van der Waals surface area contributed by atoms with Crippen LogP contribution >= 0.6 is 0 Å². The minimum absolute atomic E-state index is 0.465. The first-order valence-electron chi connectivity index (χ1n) is 8.98. The van der Waals surface area contributed by atoms with Gasteiger partial charge in [-0.2, -0.15) is 0 Å². The summed E-state index contributed by atoms with van der Waals surface area (Å²) in [4.78, 5) is 5.35. The van der Waals surface area contributed by atoms with Gasteiger partial charge in [0.2, 0.25) is 0 Å². The summed E-state index contributed by atoms with van der Waals surface area (Å²) in [6.45, 7) is 4.51. The number of ether oxygens (including phenoxy) is 1. The highest BCUT2D eigenvalue weighted by atomic mass is 16.5. The van der Waals surface area contributed by atoms with Gasteiger partial charge in [-0.15, -0.1) is 0 Å². The van der Waals surface area contributed by atoms with Crippen molar-refractivity contribution in [2.24, 2.45) is 0 Å². The van der Waals surface area contributed by atoms with Gasteiger partial charge in [0, 0.05) is 24.7 Å². The third-order valence-corrected chi connectivity index (χ3v) is 5.71. The lowest BCUT2D eigenvalue weighted by Crippen LogP contribution is -2.36. The second kappa shape index (κ2) is 6.58. The molecular formula is C21H26N2O. The number of para-hydroxylation sites is 1. The molecule has 0 N–H and O–H groups in total. The van der Waals surface area contributed by atoms with Crippen molar-refractivity contribution in [2.75, 3.05) is 13.7 Å². The fourth-order valence-corrected chi connectivity index (χ4v) is 4.58. The van der Waals surface area contributed by atoms with Gasteiger partial charge in [0.25, 0.3) is 0 Å². The summed E-state index contributed by atoms with van der Waals surface area (Å²) in [5.41, 5.74) is 2.74. The van der Waals surface area contributed by atoms with Crippen LogP contribution in [0, 0.1) is 0 Å². The summed E-state index contributed by atoms with van der Waals surface area (Å²) in [5, 5.41) is 0. The Bertz CT molecular complexity index is 687. The topological polar surface area (TPSA) is 15.7 Å². The monoisotopic (exact) mass is 322 g/mol. The molecule has 24 heavy (non-hydrogen) atoms. The first kappa shape index (κ1) is 15.7. The van der Waals surface area contributed by atoms with E-state index in [0.717, 1.165) is 12.3 Å². The first-order valence-corrected chi connectivity index (χ1v) is 8.98. The van der Waals surface area contributed by atoms with E-state index in [9.17, 15) is 0 Å². The quantitative estimate of drug-likeness (QED) is 0.844. The molecule has 2 aliphatic rings. The van der Waals surface area contributed by atoms with Gasteiger partial charge in [0.1, 0.15) is 5.75 Å². The Balaban J connectivity index is 1.64. The Hall–Kier alpha value is -1.84. The number of hydrogen-bond acceptors (Lipinski definition) is 3. The molecule has 2 saturated heterocycles. The minimum Gasteiger partial charge on any atom is -0.496 e. The lowest BCUT2D eigenvalue weighted by Gasteiger charge is -2.33. The summed E-state index contributed by atoms with van der Waals surface area (Å²) >= 11 is 0. The largest absolute Gasteiger partial charge is 0.496 e. The minimum atomic E-state index is 0.465. The maximum Gasteiger partial charge on any atom is 0.123 e. The van der Waals surface area contributed by atoms with Gasteiger partial charge in [-0.3, -0.25) is 9.80 Å². The molecule has 3 nitrogen and oxygen atoms in total. The number of fused-ring (bicyclic) bond motifs is 2.